The number of carbonyl (C=O) groups is 1. The standard InChI is InChI=1S/C18H24N4O2S/c1-12-14(3)25-18(19-12)20-17(24)13(2)21-8-10-22(11-9-21)15-4-6-16(23)7-5-15/h4-7,13,23H,8-11H2,1-3H3,(H,19,20,24). The van der Waals surface area contributed by atoms with Gasteiger partial charge in [0.05, 0.1) is 11.7 Å². The van der Waals surface area contributed by atoms with Gasteiger partial charge in [0.15, 0.2) is 5.13 Å². The third kappa shape index (κ3) is 4.11. The number of phenolic OH excluding ortho intramolecular Hbond substituents is 1. The number of carbonyl (C=O) groups excluding carboxylic acids is 1. The summed E-state index contributed by atoms with van der Waals surface area (Å²) in [5, 5.41) is 13.0. The molecule has 7 heteroatoms. The Morgan fingerprint density at radius 3 is 2.40 bits per heavy atom. The summed E-state index contributed by atoms with van der Waals surface area (Å²) in [5.74, 6) is 0.271. The van der Waals surface area contributed by atoms with Gasteiger partial charge in [0, 0.05) is 36.7 Å². The van der Waals surface area contributed by atoms with Crippen molar-refractivity contribution >= 4 is 28.1 Å². The van der Waals surface area contributed by atoms with E-state index in [0.29, 0.717) is 5.13 Å². The van der Waals surface area contributed by atoms with Gasteiger partial charge in [-0.15, -0.1) is 11.3 Å². The van der Waals surface area contributed by atoms with Crippen LogP contribution in [0.5, 0.6) is 5.75 Å². The number of rotatable bonds is 4. The Morgan fingerprint density at radius 2 is 1.84 bits per heavy atom. The molecule has 1 saturated heterocycles. The molecule has 1 aromatic heterocycles. The van der Waals surface area contributed by atoms with Crippen LogP contribution >= 0.6 is 11.3 Å². The van der Waals surface area contributed by atoms with Crippen LogP contribution in [0.25, 0.3) is 0 Å². The normalized spacial score (nSPS) is 16.7. The smallest absolute Gasteiger partial charge is 0.243 e. The number of hydrogen-bond donors (Lipinski definition) is 2. The number of anilines is 2. The SMILES string of the molecule is Cc1nc(NC(=O)C(C)N2CCN(c3ccc(O)cc3)CC2)sc1C. The lowest BCUT2D eigenvalue weighted by Gasteiger charge is -2.38. The number of aromatic nitrogens is 1. The molecule has 2 heterocycles. The van der Waals surface area contributed by atoms with Crippen LogP contribution in [0, 0.1) is 13.8 Å². The van der Waals surface area contributed by atoms with Crippen LogP contribution in [0.4, 0.5) is 10.8 Å². The lowest BCUT2D eigenvalue weighted by atomic mass is 10.2. The first-order valence-corrected chi connectivity index (χ1v) is 9.28. The second-order valence-electron chi connectivity index (χ2n) is 6.37. The van der Waals surface area contributed by atoms with E-state index < -0.39 is 0 Å². The van der Waals surface area contributed by atoms with Crippen molar-refractivity contribution in [1.29, 1.82) is 0 Å². The van der Waals surface area contributed by atoms with Crippen molar-refractivity contribution in [3.8, 4) is 5.75 Å². The third-order valence-electron chi connectivity index (χ3n) is 4.71. The minimum atomic E-state index is -0.188. The first-order valence-electron chi connectivity index (χ1n) is 8.47. The molecule has 0 radical (unpaired) electrons. The number of piperazine rings is 1. The quantitative estimate of drug-likeness (QED) is 0.877. The molecule has 2 aromatic rings. The van der Waals surface area contributed by atoms with E-state index in [4.69, 9.17) is 0 Å². The average Bonchev–Trinajstić information content (AvgIpc) is 2.92. The van der Waals surface area contributed by atoms with Gasteiger partial charge >= 0.3 is 0 Å². The van der Waals surface area contributed by atoms with Crippen molar-refractivity contribution < 1.29 is 9.90 Å². The number of hydrogen-bond acceptors (Lipinski definition) is 6. The Morgan fingerprint density at radius 1 is 1.20 bits per heavy atom. The number of aromatic hydroxyl groups is 1. The zero-order valence-corrected chi connectivity index (χ0v) is 15.6. The zero-order chi connectivity index (χ0) is 18.0. The summed E-state index contributed by atoms with van der Waals surface area (Å²) in [6, 6.07) is 7.07. The van der Waals surface area contributed by atoms with E-state index >= 15 is 0 Å². The minimum absolute atomic E-state index is 0.00756. The first-order chi connectivity index (χ1) is 11.9. The minimum Gasteiger partial charge on any atom is -0.508 e. The predicted octanol–water partition coefficient (Wildman–Crippen LogP) is 2.61. The molecule has 1 amide bonds. The van der Waals surface area contributed by atoms with Gasteiger partial charge in [-0.05, 0) is 45.0 Å². The second-order valence-corrected chi connectivity index (χ2v) is 7.57. The second kappa shape index (κ2) is 7.41. The Hall–Kier alpha value is -2.12. The summed E-state index contributed by atoms with van der Waals surface area (Å²) < 4.78 is 0. The predicted molar refractivity (Wildman–Crippen MR) is 102 cm³/mol. The molecule has 0 aliphatic carbocycles. The maximum absolute atomic E-state index is 12.5. The van der Waals surface area contributed by atoms with Crippen LogP contribution in [0.2, 0.25) is 0 Å². The summed E-state index contributed by atoms with van der Waals surface area (Å²) in [6.45, 7) is 9.27. The van der Waals surface area contributed by atoms with Gasteiger partial charge in [0.2, 0.25) is 5.91 Å². The van der Waals surface area contributed by atoms with Crippen LogP contribution in [0.1, 0.15) is 17.5 Å². The molecule has 6 nitrogen and oxygen atoms in total. The Bertz CT molecular complexity index is 717. The fourth-order valence-corrected chi connectivity index (χ4v) is 3.75. The van der Waals surface area contributed by atoms with E-state index in [1.807, 2.05) is 32.9 Å². The molecule has 3 rings (SSSR count). The van der Waals surface area contributed by atoms with E-state index in [2.05, 4.69) is 20.1 Å². The Kier molecular flexibility index (Phi) is 5.24. The van der Waals surface area contributed by atoms with Gasteiger partial charge in [-0.1, -0.05) is 0 Å². The van der Waals surface area contributed by atoms with Crippen molar-refractivity contribution in [2.24, 2.45) is 0 Å². The van der Waals surface area contributed by atoms with Crippen molar-refractivity contribution in [1.82, 2.24) is 9.88 Å². The number of aryl methyl sites for hydroxylation is 2. The van der Waals surface area contributed by atoms with Crippen LogP contribution in [0.3, 0.4) is 0 Å². The van der Waals surface area contributed by atoms with Crippen molar-refractivity contribution in [2.75, 3.05) is 36.4 Å². The topological polar surface area (TPSA) is 68.7 Å². The zero-order valence-electron chi connectivity index (χ0n) is 14.8. The van der Waals surface area contributed by atoms with Gasteiger partial charge < -0.3 is 15.3 Å². The summed E-state index contributed by atoms with van der Waals surface area (Å²) >= 11 is 1.52. The van der Waals surface area contributed by atoms with E-state index in [0.717, 1.165) is 42.4 Å². The summed E-state index contributed by atoms with van der Waals surface area (Å²) in [5.41, 5.74) is 2.07. The van der Waals surface area contributed by atoms with Crippen LogP contribution < -0.4 is 10.2 Å². The molecular weight excluding hydrogens is 336 g/mol. The number of benzene rings is 1. The van der Waals surface area contributed by atoms with Crippen LogP contribution in [-0.4, -0.2) is 53.1 Å². The Labute approximate surface area is 152 Å². The maximum atomic E-state index is 12.5. The number of thiazole rings is 1. The molecule has 0 saturated carbocycles. The lowest BCUT2D eigenvalue weighted by Crippen LogP contribution is -2.52. The molecule has 1 atom stereocenters. The summed E-state index contributed by atoms with van der Waals surface area (Å²) in [7, 11) is 0. The fraction of sp³-hybridized carbons (Fsp3) is 0.444. The van der Waals surface area contributed by atoms with Crippen molar-refractivity contribution in [3.63, 3.8) is 0 Å². The summed E-state index contributed by atoms with van der Waals surface area (Å²) in [4.78, 5) is 22.5. The highest BCUT2D eigenvalue weighted by molar-refractivity contribution is 7.15. The monoisotopic (exact) mass is 360 g/mol. The van der Waals surface area contributed by atoms with Gasteiger partial charge in [0.1, 0.15) is 5.75 Å². The molecule has 1 aliphatic heterocycles. The van der Waals surface area contributed by atoms with E-state index in [9.17, 15) is 9.90 Å². The number of nitrogens with one attached hydrogen (secondary N) is 1. The average molecular weight is 360 g/mol. The molecule has 1 unspecified atom stereocenters. The molecule has 0 bridgehead atoms. The largest absolute Gasteiger partial charge is 0.508 e. The Balaban J connectivity index is 1.54. The van der Waals surface area contributed by atoms with Gasteiger partial charge in [0.25, 0.3) is 0 Å². The van der Waals surface area contributed by atoms with Crippen molar-refractivity contribution in [3.05, 3.63) is 34.8 Å². The van der Waals surface area contributed by atoms with Crippen LogP contribution in [-0.2, 0) is 4.79 Å². The fourth-order valence-electron chi connectivity index (χ4n) is 2.93. The molecule has 0 spiro atoms. The number of nitrogens with zero attached hydrogens (tertiary/aromatic N) is 3. The first kappa shape index (κ1) is 17.7. The molecule has 25 heavy (non-hydrogen) atoms. The third-order valence-corrected chi connectivity index (χ3v) is 5.70. The molecule has 1 aliphatic rings. The lowest BCUT2D eigenvalue weighted by molar-refractivity contribution is -0.120. The maximum Gasteiger partial charge on any atom is 0.243 e. The number of amides is 1. The molecular formula is C18H24N4O2S. The van der Waals surface area contributed by atoms with Crippen molar-refractivity contribution in [2.45, 2.75) is 26.8 Å². The van der Waals surface area contributed by atoms with E-state index in [1.165, 1.54) is 11.3 Å². The van der Waals surface area contributed by atoms with E-state index in [-0.39, 0.29) is 17.7 Å². The highest BCUT2D eigenvalue weighted by atomic mass is 32.1. The van der Waals surface area contributed by atoms with Crippen LogP contribution in [0.15, 0.2) is 24.3 Å². The van der Waals surface area contributed by atoms with Gasteiger partial charge in [-0.25, -0.2) is 4.98 Å². The molecule has 2 N–H and O–H groups in total. The van der Waals surface area contributed by atoms with Gasteiger partial charge in [-0.3, -0.25) is 9.69 Å². The number of phenols is 1. The molecule has 134 valence electrons. The molecule has 1 fully saturated rings. The molecule has 1 aromatic carbocycles. The van der Waals surface area contributed by atoms with Gasteiger partial charge in [-0.2, -0.15) is 0 Å². The highest BCUT2D eigenvalue weighted by Gasteiger charge is 2.26. The summed E-state index contributed by atoms with van der Waals surface area (Å²) in [6.07, 6.45) is 0. The van der Waals surface area contributed by atoms with E-state index in [1.54, 1.807) is 12.1 Å². The highest BCUT2D eigenvalue weighted by Crippen LogP contribution is 2.23.